The van der Waals surface area contributed by atoms with Gasteiger partial charge in [0.2, 0.25) is 0 Å². The summed E-state index contributed by atoms with van der Waals surface area (Å²) in [6, 6.07) is 10.9. The Morgan fingerprint density at radius 2 is 1.49 bits per heavy atom. The molecular formula is C25H20N4O8. The van der Waals surface area contributed by atoms with E-state index >= 15 is 0 Å². The van der Waals surface area contributed by atoms with E-state index in [9.17, 15) is 24.0 Å². The molecule has 12 nitrogen and oxygen atoms in total. The highest BCUT2D eigenvalue weighted by atomic mass is 16.5. The van der Waals surface area contributed by atoms with Gasteiger partial charge in [0, 0.05) is 5.69 Å². The molecule has 12 heteroatoms. The van der Waals surface area contributed by atoms with E-state index in [1.807, 2.05) is 0 Å². The van der Waals surface area contributed by atoms with Crippen LogP contribution in [0.15, 0.2) is 64.0 Å². The molecule has 0 bridgehead atoms. The van der Waals surface area contributed by atoms with Gasteiger partial charge in [0.25, 0.3) is 11.5 Å². The number of carboxylic acids is 2. The number of nitrogens with zero attached hydrogens (tertiary/aromatic N) is 3. The number of amides is 1. The van der Waals surface area contributed by atoms with Crippen molar-refractivity contribution < 1.29 is 34.1 Å². The van der Waals surface area contributed by atoms with Crippen molar-refractivity contribution in [2.45, 2.75) is 13.8 Å². The standard InChI is InChI=1S/C25H20N4O8/c1-3-37-25(36)20-19(22(31)29(27-20)17-10-6-15(7-11-17)24(34)35)12-18-13(2)26-28(21(18)30)16-8-4-14(5-9-16)23(32)33/h4-12,26H,3H2,1-2H3,(H,32,33)(H,34,35). The Morgan fingerprint density at radius 3 is 2.00 bits per heavy atom. The van der Waals surface area contributed by atoms with E-state index in [1.165, 1.54) is 59.3 Å². The van der Waals surface area contributed by atoms with E-state index in [2.05, 4.69) is 10.2 Å². The summed E-state index contributed by atoms with van der Waals surface area (Å²) in [5, 5.41) is 26.1. The molecule has 0 spiro atoms. The van der Waals surface area contributed by atoms with E-state index < -0.39 is 29.4 Å². The van der Waals surface area contributed by atoms with Crippen molar-refractivity contribution >= 4 is 41.3 Å². The fourth-order valence-electron chi connectivity index (χ4n) is 3.62. The zero-order valence-electron chi connectivity index (χ0n) is 19.6. The van der Waals surface area contributed by atoms with Crippen molar-refractivity contribution in [2.24, 2.45) is 5.10 Å². The Bertz CT molecular complexity index is 1540. The number of aromatic nitrogens is 2. The maximum atomic E-state index is 13.3. The van der Waals surface area contributed by atoms with Gasteiger partial charge in [-0.3, -0.25) is 14.7 Å². The zero-order chi connectivity index (χ0) is 26.9. The predicted octanol–water partition coefficient (Wildman–Crippen LogP) is 2.22. The zero-order valence-corrected chi connectivity index (χ0v) is 19.6. The van der Waals surface area contributed by atoms with Gasteiger partial charge < -0.3 is 14.9 Å². The molecule has 0 fully saturated rings. The normalized spacial score (nSPS) is 14.1. The summed E-state index contributed by atoms with van der Waals surface area (Å²) in [7, 11) is 0. The molecule has 188 valence electrons. The number of anilines is 1. The molecule has 1 aliphatic rings. The monoisotopic (exact) mass is 504 g/mol. The summed E-state index contributed by atoms with van der Waals surface area (Å²) < 4.78 is 6.21. The van der Waals surface area contributed by atoms with E-state index in [4.69, 9.17) is 14.9 Å². The van der Waals surface area contributed by atoms with Crippen LogP contribution < -0.4 is 10.6 Å². The molecule has 2 aromatic carbocycles. The van der Waals surface area contributed by atoms with Crippen LogP contribution in [0.2, 0.25) is 0 Å². The minimum absolute atomic E-state index is 0.000595. The minimum Gasteiger partial charge on any atom is -0.478 e. The van der Waals surface area contributed by atoms with E-state index in [-0.39, 0.29) is 40.3 Å². The average Bonchev–Trinajstić information content (AvgIpc) is 3.35. The number of hydrazone groups is 1. The Hall–Kier alpha value is -5.26. The molecule has 0 atom stereocenters. The summed E-state index contributed by atoms with van der Waals surface area (Å²) in [6.07, 6.45) is 1.24. The van der Waals surface area contributed by atoms with Crippen LogP contribution in [-0.2, 0) is 14.3 Å². The molecule has 4 rings (SSSR count). The van der Waals surface area contributed by atoms with Crippen LogP contribution in [0.5, 0.6) is 0 Å². The fraction of sp³-hybridized carbons (Fsp3) is 0.120. The number of H-pyrrole nitrogens is 1. The second-order valence-corrected chi connectivity index (χ2v) is 7.84. The number of nitrogens with one attached hydrogen (secondary N) is 1. The highest BCUT2D eigenvalue weighted by molar-refractivity contribution is 6.54. The summed E-state index contributed by atoms with van der Waals surface area (Å²) in [5.74, 6) is -3.85. The summed E-state index contributed by atoms with van der Waals surface area (Å²) in [5.41, 5.74) is 0.0206. The lowest BCUT2D eigenvalue weighted by Crippen LogP contribution is -2.23. The number of aromatic carboxylic acids is 2. The molecule has 3 N–H and O–H groups in total. The first-order chi connectivity index (χ1) is 17.6. The average molecular weight is 504 g/mol. The fourth-order valence-corrected chi connectivity index (χ4v) is 3.62. The first-order valence-electron chi connectivity index (χ1n) is 10.9. The molecule has 0 unspecified atom stereocenters. The van der Waals surface area contributed by atoms with E-state index in [0.717, 1.165) is 5.01 Å². The van der Waals surface area contributed by atoms with Gasteiger partial charge in [0.1, 0.15) is 0 Å². The van der Waals surface area contributed by atoms with Gasteiger partial charge in [-0.05, 0) is 68.5 Å². The highest BCUT2D eigenvalue weighted by Crippen LogP contribution is 2.26. The third kappa shape index (κ3) is 4.67. The van der Waals surface area contributed by atoms with Gasteiger partial charge >= 0.3 is 17.9 Å². The Kier molecular flexibility index (Phi) is 6.57. The van der Waals surface area contributed by atoms with Crippen LogP contribution in [-0.4, -0.2) is 56.1 Å². The second kappa shape index (κ2) is 9.77. The molecule has 1 amide bonds. The second-order valence-electron chi connectivity index (χ2n) is 7.84. The maximum Gasteiger partial charge on any atom is 0.359 e. The molecule has 0 saturated carbocycles. The lowest BCUT2D eigenvalue weighted by atomic mass is 10.1. The number of aryl methyl sites for hydroxylation is 1. The number of carbonyl (C=O) groups is 4. The molecule has 1 aliphatic heterocycles. The SMILES string of the molecule is CCOC(=O)C1=NN(c2ccc(C(=O)O)cc2)C(=O)C1=Cc1c(C)[nH]n(-c2ccc(C(=O)O)cc2)c1=O. The number of rotatable bonds is 7. The molecule has 0 radical (unpaired) electrons. The summed E-state index contributed by atoms with van der Waals surface area (Å²) >= 11 is 0. The van der Waals surface area contributed by atoms with Crippen LogP contribution in [0.3, 0.4) is 0 Å². The number of hydrogen-bond donors (Lipinski definition) is 3. The molecule has 0 aliphatic carbocycles. The topological polar surface area (TPSA) is 171 Å². The maximum absolute atomic E-state index is 13.3. The van der Waals surface area contributed by atoms with E-state index in [0.29, 0.717) is 11.4 Å². The number of ether oxygens (including phenoxy) is 1. The van der Waals surface area contributed by atoms with Crippen LogP contribution in [0, 0.1) is 6.92 Å². The van der Waals surface area contributed by atoms with Gasteiger partial charge in [0.05, 0.1) is 40.2 Å². The number of carboxylic acid groups (broad SMARTS) is 2. The number of hydrogen-bond acceptors (Lipinski definition) is 7. The lowest BCUT2D eigenvalue weighted by molar-refractivity contribution is -0.135. The largest absolute Gasteiger partial charge is 0.478 e. The van der Waals surface area contributed by atoms with E-state index in [1.54, 1.807) is 13.8 Å². The first kappa shape index (κ1) is 24.9. The predicted molar refractivity (Wildman–Crippen MR) is 131 cm³/mol. The lowest BCUT2D eigenvalue weighted by Gasteiger charge is -2.11. The number of aromatic amines is 1. The first-order valence-corrected chi connectivity index (χ1v) is 10.9. The van der Waals surface area contributed by atoms with Crippen LogP contribution in [0.25, 0.3) is 11.8 Å². The van der Waals surface area contributed by atoms with Gasteiger partial charge in [-0.1, -0.05) is 0 Å². The van der Waals surface area contributed by atoms with Crippen LogP contribution in [0.1, 0.15) is 38.9 Å². The minimum atomic E-state index is -1.15. The molecule has 2 heterocycles. The van der Waals surface area contributed by atoms with Crippen molar-refractivity contribution in [1.82, 2.24) is 9.78 Å². The third-order valence-electron chi connectivity index (χ3n) is 5.48. The van der Waals surface area contributed by atoms with Crippen LogP contribution >= 0.6 is 0 Å². The quantitative estimate of drug-likeness (QED) is 0.325. The summed E-state index contributed by atoms with van der Waals surface area (Å²) in [4.78, 5) is 61.3. The highest BCUT2D eigenvalue weighted by Gasteiger charge is 2.36. The van der Waals surface area contributed by atoms with Crippen LogP contribution in [0.4, 0.5) is 5.69 Å². The van der Waals surface area contributed by atoms with Gasteiger partial charge in [-0.15, -0.1) is 0 Å². The van der Waals surface area contributed by atoms with Crippen molar-refractivity contribution in [3.63, 3.8) is 0 Å². The molecule has 1 aromatic heterocycles. The van der Waals surface area contributed by atoms with Crippen molar-refractivity contribution in [2.75, 3.05) is 11.6 Å². The molecule has 37 heavy (non-hydrogen) atoms. The Morgan fingerprint density at radius 1 is 0.946 bits per heavy atom. The molecule has 3 aromatic rings. The van der Waals surface area contributed by atoms with Gasteiger partial charge in [-0.25, -0.2) is 19.1 Å². The smallest absolute Gasteiger partial charge is 0.359 e. The molecular weight excluding hydrogens is 484 g/mol. The number of esters is 1. The molecule has 0 saturated heterocycles. The third-order valence-corrected chi connectivity index (χ3v) is 5.48. The Labute approximate surface area is 208 Å². The van der Waals surface area contributed by atoms with Crippen molar-refractivity contribution in [3.8, 4) is 5.69 Å². The van der Waals surface area contributed by atoms with Gasteiger partial charge in [-0.2, -0.15) is 10.1 Å². The van der Waals surface area contributed by atoms with Gasteiger partial charge in [0.15, 0.2) is 5.71 Å². The Balaban J connectivity index is 1.77. The number of benzene rings is 2. The van der Waals surface area contributed by atoms with Crippen molar-refractivity contribution in [3.05, 3.63) is 86.8 Å². The van der Waals surface area contributed by atoms with Crippen molar-refractivity contribution in [1.29, 1.82) is 0 Å². The number of carbonyl (C=O) groups excluding carboxylic acids is 2. The summed E-state index contributed by atoms with van der Waals surface area (Å²) in [6.45, 7) is 3.21.